The molecule has 0 unspecified atom stereocenters. The van der Waals surface area contributed by atoms with Crippen molar-refractivity contribution in [3.8, 4) is 0 Å². The van der Waals surface area contributed by atoms with Gasteiger partial charge in [-0.3, -0.25) is 9.59 Å². The molecule has 0 radical (unpaired) electrons. The van der Waals surface area contributed by atoms with Crippen LogP contribution >= 0.6 is 0 Å². The van der Waals surface area contributed by atoms with Gasteiger partial charge in [0, 0.05) is 0 Å². The van der Waals surface area contributed by atoms with Crippen molar-refractivity contribution in [3.63, 3.8) is 0 Å². The molecule has 2 heteroatoms. The summed E-state index contributed by atoms with van der Waals surface area (Å²) in [6.07, 6.45) is 3.96. The van der Waals surface area contributed by atoms with E-state index in [1.54, 1.807) is 0 Å². The van der Waals surface area contributed by atoms with E-state index in [2.05, 4.69) is 6.58 Å². The summed E-state index contributed by atoms with van der Waals surface area (Å²) in [6, 6.07) is 0. The highest BCUT2D eigenvalue weighted by molar-refractivity contribution is 6.00. The molecule has 0 fully saturated rings. The molecule has 0 N–H and O–H groups in total. The van der Waals surface area contributed by atoms with Crippen LogP contribution in [0.3, 0.4) is 0 Å². The fraction of sp³-hybridized carbons (Fsp3) is 0. The van der Waals surface area contributed by atoms with Gasteiger partial charge < -0.3 is 0 Å². The molecule has 0 saturated heterocycles. The lowest BCUT2D eigenvalue weighted by Crippen LogP contribution is -1.81. The van der Waals surface area contributed by atoms with Crippen LogP contribution in [0, 0.1) is 0 Å². The van der Waals surface area contributed by atoms with E-state index in [9.17, 15) is 9.59 Å². The number of carbonyl (C=O) groups excluding carboxylic acids is 2. The molecule has 0 spiro atoms. The van der Waals surface area contributed by atoms with Crippen LogP contribution in [-0.4, -0.2) is 12.1 Å². The molecule has 42 valence electrons. The second-order valence-corrected chi connectivity index (χ2v) is 1.10. The second kappa shape index (κ2) is 3.99. The highest BCUT2D eigenvalue weighted by Crippen LogP contribution is 1.73. The van der Waals surface area contributed by atoms with E-state index in [0.29, 0.717) is 6.29 Å². The average molecular weight is 110 g/mol. The number of hydrogen-bond acceptors (Lipinski definition) is 2. The summed E-state index contributed by atoms with van der Waals surface area (Å²) in [5.41, 5.74) is 0. The van der Waals surface area contributed by atoms with Gasteiger partial charge >= 0.3 is 0 Å². The van der Waals surface area contributed by atoms with Crippen molar-refractivity contribution >= 4 is 12.1 Å². The molecule has 0 heterocycles. The molecule has 0 bridgehead atoms. The number of ketones is 1. The van der Waals surface area contributed by atoms with Gasteiger partial charge in [0.2, 0.25) is 0 Å². The van der Waals surface area contributed by atoms with E-state index in [0.717, 1.165) is 18.2 Å². The highest BCUT2D eigenvalue weighted by atomic mass is 16.1. The minimum atomic E-state index is -0.253. The van der Waals surface area contributed by atoms with Crippen LogP contribution in [0.1, 0.15) is 0 Å². The Balaban J connectivity index is 3.69. The number of carbonyl (C=O) groups is 2. The summed E-state index contributed by atoms with van der Waals surface area (Å²) >= 11 is 0. The van der Waals surface area contributed by atoms with Gasteiger partial charge in [-0.05, 0) is 18.2 Å². The summed E-state index contributed by atoms with van der Waals surface area (Å²) in [4.78, 5) is 19.8. The molecule has 0 aromatic heterocycles. The predicted molar refractivity (Wildman–Crippen MR) is 30.4 cm³/mol. The van der Waals surface area contributed by atoms with Crippen molar-refractivity contribution in [2.45, 2.75) is 0 Å². The molecule has 0 amide bonds. The molecular weight excluding hydrogens is 104 g/mol. The van der Waals surface area contributed by atoms with Crippen LogP contribution in [-0.2, 0) is 9.59 Å². The monoisotopic (exact) mass is 110 g/mol. The van der Waals surface area contributed by atoms with E-state index >= 15 is 0 Å². The Labute approximate surface area is 47.5 Å². The van der Waals surface area contributed by atoms with Crippen LogP contribution in [0.5, 0.6) is 0 Å². The van der Waals surface area contributed by atoms with Gasteiger partial charge in [0.05, 0.1) is 0 Å². The first-order valence-corrected chi connectivity index (χ1v) is 2.09. The van der Waals surface area contributed by atoms with E-state index in [-0.39, 0.29) is 5.78 Å². The maximum absolute atomic E-state index is 10.2. The van der Waals surface area contributed by atoms with Gasteiger partial charge in [-0.25, -0.2) is 0 Å². The number of hydrogen-bond donors (Lipinski definition) is 0. The van der Waals surface area contributed by atoms with E-state index in [1.807, 2.05) is 0 Å². The SMILES string of the molecule is C=CC(=O)/C=C\C=O. The van der Waals surface area contributed by atoms with E-state index in [4.69, 9.17) is 0 Å². The summed E-state index contributed by atoms with van der Waals surface area (Å²) in [6.45, 7) is 3.20. The highest BCUT2D eigenvalue weighted by Gasteiger charge is 1.80. The lowest BCUT2D eigenvalue weighted by Gasteiger charge is -1.71. The summed E-state index contributed by atoms with van der Waals surface area (Å²) in [7, 11) is 0. The fourth-order valence-electron chi connectivity index (χ4n) is 0.202. The Bertz CT molecular complexity index is 133. The molecule has 0 aliphatic rings. The maximum atomic E-state index is 10.2. The number of aldehydes is 1. The van der Waals surface area contributed by atoms with Crippen LogP contribution in [0.2, 0.25) is 0 Å². The van der Waals surface area contributed by atoms with Crippen LogP contribution in [0.4, 0.5) is 0 Å². The van der Waals surface area contributed by atoms with Crippen molar-refractivity contribution in [1.29, 1.82) is 0 Å². The van der Waals surface area contributed by atoms with Crippen LogP contribution in [0.15, 0.2) is 24.8 Å². The molecular formula is C6H6O2. The third-order valence-electron chi connectivity index (χ3n) is 0.540. The summed E-state index contributed by atoms with van der Waals surface area (Å²) < 4.78 is 0. The molecule has 0 aliphatic heterocycles. The van der Waals surface area contributed by atoms with Gasteiger partial charge in [0.15, 0.2) is 5.78 Å². The molecule has 2 nitrogen and oxygen atoms in total. The zero-order chi connectivity index (χ0) is 6.41. The third kappa shape index (κ3) is 3.03. The van der Waals surface area contributed by atoms with Crippen molar-refractivity contribution in [1.82, 2.24) is 0 Å². The smallest absolute Gasteiger partial charge is 0.178 e. The Hall–Kier alpha value is -1.18. The predicted octanol–water partition coefficient (Wildman–Crippen LogP) is 0.497. The molecule has 0 saturated carbocycles. The zero-order valence-electron chi connectivity index (χ0n) is 4.33. The minimum absolute atomic E-state index is 0.253. The van der Waals surface area contributed by atoms with Gasteiger partial charge in [0.1, 0.15) is 6.29 Å². The normalized spacial score (nSPS) is 9.00. The van der Waals surface area contributed by atoms with Gasteiger partial charge in [0.25, 0.3) is 0 Å². The van der Waals surface area contributed by atoms with Gasteiger partial charge in [-0.1, -0.05) is 6.58 Å². The molecule has 0 rings (SSSR count). The van der Waals surface area contributed by atoms with Crippen molar-refractivity contribution in [3.05, 3.63) is 24.8 Å². The molecule has 8 heavy (non-hydrogen) atoms. The van der Waals surface area contributed by atoms with Gasteiger partial charge in [-0.2, -0.15) is 0 Å². The van der Waals surface area contributed by atoms with Crippen molar-refractivity contribution in [2.75, 3.05) is 0 Å². The quantitative estimate of drug-likeness (QED) is 0.391. The van der Waals surface area contributed by atoms with Crippen LogP contribution in [0.25, 0.3) is 0 Å². The Morgan fingerprint density at radius 3 is 2.50 bits per heavy atom. The lowest BCUT2D eigenvalue weighted by molar-refractivity contribution is -0.111. The van der Waals surface area contributed by atoms with Gasteiger partial charge in [-0.15, -0.1) is 0 Å². The summed E-state index contributed by atoms with van der Waals surface area (Å²) in [5.74, 6) is -0.253. The third-order valence-corrected chi connectivity index (χ3v) is 0.540. The molecule has 0 aromatic carbocycles. The fourth-order valence-corrected chi connectivity index (χ4v) is 0.202. The molecule has 0 aromatic rings. The van der Waals surface area contributed by atoms with E-state index < -0.39 is 0 Å². The lowest BCUT2D eigenvalue weighted by atomic mass is 10.3. The largest absolute Gasteiger partial charge is 0.299 e. The minimum Gasteiger partial charge on any atom is -0.299 e. The zero-order valence-corrected chi connectivity index (χ0v) is 4.33. The van der Waals surface area contributed by atoms with Crippen molar-refractivity contribution < 1.29 is 9.59 Å². The number of rotatable bonds is 3. The maximum Gasteiger partial charge on any atom is 0.178 e. The Kier molecular flexibility index (Phi) is 3.40. The summed E-state index contributed by atoms with van der Waals surface area (Å²) in [5, 5.41) is 0. The number of allylic oxidation sites excluding steroid dienone is 3. The first-order chi connectivity index (χ1) is 3.81. The topological polar surface area (TPSA) is 34.1 Å². The Morgan fingerprint density at radius 1 is 1.50 bits per heavy atom. The first-order valence-electron chi connectivity index (χ1n) is 2.09. The van der Waals surface area contributed by atoms with Crippen LogP contribution < -0.4 is 0 Å². The molecule has 0 aliphatic carbocycles. The van der Waals surface area contributed by atoms with Crippen molar-refractivity contribution in [2.24, 2.45) is 0 Å². The first kappa shape index (κ1) is 6.82. The van der Waals surface area contributed by atoms with E-state index in [1.165, 1.54) is 0 Å². The molecule has 0 atom stereocenters. The Morgan fingerprint density at radius 2 is 2.12 bits per heavy atom. The standard InChI is InChI=1S/C6H6O2/c1-2-6(8)4-3-5-7/h2-5H,1H2/b4-3-. The second-order valence-electron chi connectivity index (χ2n) is 1.10. The average Bonchev–Trinajstić information content (AvgIpc) is 1.83.